The lowest BCUT2D eigenvalue weighted by Gasteiger charge is -2.14. The van der Waals surface area contributed by atoms with Gasteiger partial charge < -0.3 is 15.2 Å². The SMILES string of the molecule is OC(CNCc1ccn[nH]1)COc1cccc(C(F)(F)F)c1. The number of aliphatic hydroxyl groups is 1. The van der Waals surface area contributed by atoms with Crippen molar-refractivity contribution in [2.24, 2.45) is 0 Å². The van der Waals surface area contributed by atoms with Crippen LogP contribution in [0.2, 0.25) is 0 Å². The molecule has 0 spiro atoms. The average Bonchev–Trinajstić information content (AvgIpc) is 2.98. The molecular weight excluding hydrogens is 299 g/mol. The molecular formula is C14H16F3N3O2. The zero-order valence-electron chi connectivity index (χ0n) is 11.6. The van der Waals surface area contributed by atoms with Gasteiger partial charge in [0, 0.05) is 25.0 Å². The summed E-state index contributed by atoms with van der Waals surface area (Å²) in [5, 5.41) is 19.2. The molecule has 1 atom stereocenters. The van der Waals surface area contributed by atoms with Gasteiger partial charge in [0.1, 0.15) is 18.5 Å². The quantitative estimate of drug-likeness (QED) is 0.730. The van der Waals surface area contributed by atoms with E-state index >= 15 is 0 Å². The average molecular weight is 315 g/mol. The van der Waals surface area contributed by atoms with Crippen LogP contribution in [0.4, 0.5) is 13.2 Å². The summed E-state index contributed by atoms with van der Waals surface area (Å²) in [5.74, 6) is 0.0717. The molecule has 22 heavy (non-hydrogen) atoms. The van der Waals surface area contributed by atoms with Gasteiger partial charge in [0.05, 0.1) is 5.56 Å². The van der Waals surface area contributed by atoms with Crippen LogP contribution in [0.15, 0.2) is 36.5 Å². The molecule has 0 aliphatic carbocycles. The van der Waals surface area contributed by atoms with E-state index in [2.05, 4.69) is 15.5 Å². The molecule has 0 radical (unpaired) electrons. The molecule has 2 rings (SSSR count). The number of ether oxygens (including phenoxy) is 1. The molecule has 0 saturated carbocycles. The summed E-state index contributed by atoms with van der Waals surface area (Å²) in [6.45, 7) is 0.649. The van der Waals surface area contributed by atoms with Crippen molar-refractivity contribution in [3.63, 3.8) is 0 Å². The number of aromatic nitrogens is 2. The number of rotatable bonds is 7. The Morgan fingerprint density at radius 1 is 1.32 bits per heavy atom. The predicted molar refractivity (Wildman–Crippen MR) is 73.2 cm³/mol. The minimum atomic E-state index is -4.41. The van der Waals surface area contributed by atoms with Gasteiger partial charge in [-0.25, -0.2) is 0 Å². The van der Waals surface area contributed by atoms with Gasteiger partial charge >= 0.3 is 6.18 Å². The lowest BCUT2D eigenvalue weighted by atomic mass is 10.2. The maximum absolute atomic E-state index is 12.5. The zero-order valence-corrected chi connectivity index (χ0v) is 11.6. The molecule has 0 bridgehead atoms. The van der Waals surface area contributed by atoms with Crippen LogP contribution in [0, 0.1) is 0 Å². The predicted octanol–water partition coefficient (Wildman–Crippen LogP) is 1.96. The second-order valence-electron chi connectivity index (χ2n) is 4.70. The Hall–Kier alpha value is -2.06. The minimum absolute atomic E-state index is 0.0717. The van der Waals surface area contributed by atoms with Crippen LogP contribution < -0.4 is 10.1 Å². The van der Waals surface area contributed by atoms with E-state index in [-0.39, 0.29) is 18.9 Å². The molecule has 0 saturated heterocycles. The summed E-state index contributed by atoms with van der Waals surface area (Å²) in [5.41, 5.74) is 0.0860. The molecule has 0 aliphatic heterocycles. The first kappa shape index (κ1) is 16.3. The second kappa shape index (κ2) is 7.28. The number of benzene rings is 1. The molecule has 1 unspecified atom stereocenters. The van der Waals surface area contributed by atoms with Crippen molar-refractivity contribution < 1.29 is 23.0 Å². The van der Waals surface area contributed by atoms with Crippen molar-refractivity contribution in [2.45, 2.75) is 18.8 Å². The van der Waals surface area contributed by atoms with Gasteiger partial charge in [-0.3, -0.25) is 5.10 Å². The maximum atomic E-state index is 12.5. The van der Waals surface area contributed by atoms with Crippen LogP contribution in [0.3, 0.4) is 0 Å². The van der Waals surface area contributed by atoms with E-state index in [0.717, 1.165) is 17.8 Å². The van der Waals surface area contributed by atoms with Gasteiger partial charge in [-0.1, -0.05) is 6.07 Å². The number of halogens is 3. The highest BCUT2D eigenvalue weighted by molar-refractivity contribution is 5.30. The Kier molecular flexibility index (Phi) is 5.40. The first-order valence-corrected chi connectivity index (χ1v) is 6.62. The van der Waals surface area contributed by atoms with Crippen molar-refractivity contribution in [1.82, 2.24) is 15.5 Å². The van der Waals surface area contributed by atoms with Crippen LogP contribution in [-0.2, 0) is 12.7 Å². The summed E-state index contributed by atoms with van der Waals surface area (Å²) in [6, 6.07) is 6.35. The van der Waals surface area contributed by atoms with Gasteiger partial charge in [0.25, 0.3) is 0 Å². The number of alkyl halides is 3. The lowest BCUT2D eigenvalue weighted by molar-refractivity contribution is -0.137. The first-order valence-electron chi connectivity index (χ1n) is 6.62. The van der Waals surface area contributed by atoms with E-state index in [1.54, 1.807) is 12.3 Å². The summed E-state index contributed by atoms with van der Waals surface area (Å²) < 4.78 is 42.8. The number of H-pyrrole nitrogens is 1. The topological polar surface area (TPSA) is 70.2 Å². The van der Waals surface area contributed by atoms with Gasteiger partial charge in [-0.15, -0.1) is 0 Å². The number of aliphatic hydroxyl groups excluding tert-OH is 1. The third-order valence-corrected chi connectivity index (χ3v) is 2.86. The van der Waals surface area contributed by atoms with E-state index in [9.17, 15) is 18.3 Å². The normalized spacial score (nSPS) is 13.1. The molecule has 0 fully saturated rings. The molecule has 1 aromatic heterocycles. The smallest absolute Gasteiger partial charge is 0.416 e. The fraction of sp³-hybridized carbons (Fsp3) is 0.357. The van der Waals surface area contributed by atoms with Crippen LogP contribution >= 0.6 is 0 Å². The molecule has 8 heteroatoms. The Morgan fingerprint density at radius 3 is 2.82 bits per heavy atom. The Labute approximate surface area is 125 Å². The number of aromatic amines is 1. The van der Waals surface area contributed by atoms with Crippen LogP contribution in [0.1, 0.15) is 11.3 Å². The highest BCUT2D eigenvalue weighted by atomic mass is 19.4. The van der Waals surface area contributed by atoms with Crippen LogP contribution in [-0.4, -0.2) is 34.6 Å². The van der Waals surface area contributed by atoms with E-state index in [0.29, 0.717) is 6.54 Å². The van der Waals surface area contributed by atoms with E-state index in [1.165, 1.54) is 12.1 Å². The van der Waals surface area contributed by atoms with Gasteiger partial charge in [-0.2, -0.15) is 18.3 Å². The lowest BCUT2D eigenvalue weighted by Crippen LogP contribution is -2.31. The van der Waals surface area contributed by atoms with Crippen LogP contribution in [0.25, 0.3) is 0 Å². The fourth-order valence-electron chi connectivity index (χ4n) is 1.77. The molecule has 3 N–H and O–H groups in total. The Bertz CT molecular complexity index is 573. The fourth-order valence-corrected chi connectivity index (χ4v) is 1.77. The first-order chi connectivity index (χ1) is 10.4. The van der Waals surface area contributed by atoms with Gasteiger partial charge in [0.15, 0.2) is 0 Å². The van der Waals surface area contributed by atoms with E-state index < -0.39 is 17.8 Å². The van der Waals surface area contributed by atoms with Crippen molar-refractivity contribution >= 4 is 0 Å². The standard InChI is InChI=1S/C14H16F3N3O2/c15-14(16,17)10-2-1-3-13(6-10)22-9-12(21)8-18-7-11-4-5-19-20-11/h1-6,12,18,21H,7-9H2,(H,19,20). The third kappa shape index (κ3) is 5.05. The maximum Gasteiger partial charge on any atom is 0.416 e. The van der Waals surface area contributed by atoms with Crippen molar-refractivity contribution in [2.75, 3.05) is 13.2 Å². The number of hydrogen-bond acceptors (Lipinski definition) is 4. The second-order valence-corrected chi connectivity index (χ2v) is 4.70. The van der Waals surface area contributed by atoms with Crippen molar-refractivity contribution in [3.05, 3.63) is 47.8 Å². The largest absolute Gasteiger partial charge is 0.491 e. The third-order valence-electron chi connectivity index (χ3n) is 2.86. The van der Waals surface area contributed by atoms with Gasteiger partial charge in [0.2, 0.25) is 0 Å². The highest BCUT2D eigenvalue weighted by Gasteiger charge is 2.30. The summed E-state index contributed by atoms with van der Waals surface area (Å²) in [4.78, 5) is 0. The van der Waals surface area contributed by atoms with Crippen molar-refractivity contribution in [1.29, 1.82) is 0 Å². The zero-order chi connectivity index (χ0) is 16.0. The number of nitrogens with zero attached hydrogens (tertiary/aromatic N) is 1. The molecule has 2 aromatic rings. The summed E-state index contributed by atoms with van der Waals surface area (Å²) in [6.07, 6.45) is -3.63. The molecule has 0 aliphatic rings. The minimum Gasteiger partial charge on any atom is -0.491 e. The highest BCUT2D eigenvalue weighted by Crippen LogP contribution is 2.31. The van der Waals surface area contributed by atoms with E-state index in [4.69, 9.17) is 4.74 Å². The van der Waals surface area contributed by atoms with Crippen LogP contribution in [0.5, 0.6) is 5.75 Å². The summed E-state index contributed by atoms with van der Waals surface area (Å²) >= 11 is 0. The monoisotopic (exact) mass is 315 g/mol. The molecule has 5 nitrogen and oxygen atoms in total. The molecule has 1 aromatic carbocycles. The Morgan fingerprint density at radius 2 is 2.14 bits per heavy atom. The van der Waals surface area contributed by atoms with E-state index in [1.807, 2.05) is 0 Å². The molecule has 120 valence electrons. The number of nitrogens with one attached hydrogen (secondary N) is 2. The Balaban J connectivity index is 1.75. The van der Waals surface area contributed by atoms with Crippen molar-refractivity contribution in [3.8, 4) is 5.75 Å². The van der Waals surface area contributed by atoms with Gasteiger partial charge in [-0.05, 0) is 24.3 Å². The molecule has 0 amide bonds. The number of hydrogen-bond donors (Lipinski definition) is 3. The molecule has 1 heterocycles. The summed E-state index contributed by atoms with van der Waals surface area (Å²) in [7, 11) is 0.